The minimum atomic E-state index is -1.21. The first-order chi connectivity index (χ1) is 12.4. The number of carbonyl (C=O) groups excluding carboxylic acids is 4. The minimum Gasteiger partial charge on any atom is -0.480 e. The van der Waals surface area contributed by atoms with Crippen LogP contribution in [-0.2, 0) is 24.0 Å². The van der Waals surface area contributed by atoms with Gasteiger partial charge in [0.1, 0.15) is 12.1 Å². The highest BCUT2D eigenvalue weighted by Crippen LogP contribution is 2.07. The topological polar surface area (TPSA) is 208 Å². The summed E-state index contributed by atoms with van der Waals surface area (Å²) in [6.07, 6.45) is -0.255. The Morgan fingerprint density at radius 1 is 0.852 bits per heavy atom. The Kier molecular flexibility index (Phi) is 10.7. The molecule has 0 aromatic rings. The van der Waals surface area contributed by atoms with E-state index in [1.54, 1.807) is 13.8 Å². The zero-order chi connectivity index (χ0) is 21.1. The van der Waals surface area contributed by atoms with Crippen LogP contribution in [0.3, 0.4) is 0 Å². The summed E-state index contributed by atoms with van der Waals surface area (Å²) in [5.74, 6) is -4.00. The molecule has 9 N–H and O–H groups in total. The van der Waals surface area contributed by atoms with Crippen LogP contribution in [-0.4, -0.2) is 52.8 Å². The van der Waals surface area contributed by atoms with Crippen LogP contribution in [0, 0.1) is 5.92 Å². The lowest BCUT2D eigenvalue weighted by Gasteiger charge is -2.23. The maximum absolute atomic E-state index is 12.4. The number of amides is 4. The second-order valence-electron chi connectivity index (χ2n) is 6.71. The van der Waals surface area contributed by atoms with Crippen molar-refractivity contribution in [2.45, 2.75) is 64.1 Å². The summed E-state index contributed by atoms with van der Waals surface area (Å²) in [5, 5.41) is 13.9. The van der Waals surface area contributed by atoms with Crippen LogP contribution in [0.5, 0.6) is 0 Å². The van der Waals surface area contributed by atoms with Crippen LogP contribution in [0.1, 0.15) is 46.0 Å². The second-order valence-corrected chi connectivity index (χ2v) is 6.71. The Balaban J connectivity index is 5.07. The summed E-state index contributed by atoms with van der Waals surface area (Å²) in [5.41, 5.74) is 15.7. The van der Waals surface area contributed by atoms with E-state index in [1.807, 2.05) is 0 Å². The average molecular weight is 387 g/mol. The summed E-state index contributed by atoms with van der Waals surface area (Å²) >= 11 is 0. The lowest BCUT2D eigenvalue weighted by Crippen LogP contribution is -2.54. The standard InChI is InChI=1S/C16H29N5O6/c1-8(2)7-11(16(26)27)21-15(25)10(4-6-13(19)23)20-14(24)9(17)3-5-12(18)22/h8-11H,3-7,17H2,1-2H3,(H2,18,22)(H2,19,23)(H,20,24)(H,21,25)(H,26,27). The van der Waals surface area contributed by atoms with Crippen molar-refractivity contribution in [1.82, 2.24) is 10.6 Å². The van der Waals surface area contributed by atoms with Crippen LogP contribution in [0.25, 0.3) is 0 Å². The molecular formula is C16H29N5O6. The van der Waals surface area contributed by atoms with E-state index >= 15 is 0 Å². The number of aliphatic carboxylic acids is 1. The summed E-state index contributed by atoms with van der Waals surface area (Å²) in [7, 11) is 0. The molecule has 0 rings (SSSR count). The van der Waals surface area contributed by atoms with Crippen LogP contribution in [0.4, 0.5) is 0 Å². The largest absolute Gasteiger partial charge is 0.480 e. The minimum absolute atomic E-state index is 0.00674. The molecule has 0 aromatic carbocycles. The fourth-order valence-corrected chi connectivity index (χ4v) is 2.23. The summed E-state index contributed by atoms with van der Waals surface area (Å²) in [6, 6.07) is -3.43. The highest BCUT2D eigenvalue weighted by Gasteiger charge is 2.28. The van der Waals surface area contributed by atoms with Gasteiger partial charge in [0, 0.05) is 12.8 Å². The Bertz CT molecular complexity index is 566. The third-order valence-electron chi connectivity index (χ3n) is 3.67. The first-order valence-corrected chi connectivity index (χ1v) is 8.59. The molecule has 3 atom stereocenters. The highest BCUT2D eigenvalue weighted by atomic mass is 16.4. The molecule has 0 aliphatic carbocycles. The van der Waals surface area contributed by atoms with Gasteiger partial charge in [0.05, 0.1) is 6.04 Å². The molecule has 0 saturated heterocycles. The van der Waals surface area contributed by atoms with Gasteiger partial charge in [0.2, 0.25) is 23.6 Å². The number of primary amides is 2. The van der Waals surface area contributed by atoms with Crippen LogP contribution < -0.4 is 27.8 Å². The summed E-state index contributed by atoms with van der Waals surface area (Å²) < 4.78 is 0. The van der Waals surface area contributed by atoms with E-state index in [4.69, 9.17) is 17.2 Å². The fourth-order valence-electron chi connectivity index (χ4n) is 2.23. The lowest BCUT2D eigenvalue weighted by molar-refractivity contribution is -0.142. The number of carboxylic acid groups (broad SMARTS) is 1. The number of hydrogen-bond donors (Lipinski definition) is 6. The van der Waals surface area contributed by atoms with Crippen molar-refractivity contribution < 1.29 is 29.1 Å². The van der Waals surface area contributed by atoms with Crippen molar-refractivity contribution in [3.63, 3.8) is 0 Å². The third-order valence-corrected chi connectivity index (χ3v) is 3.67. The Hall–Kier alpha value is -2.69. The van der Waals surface area contributed by atoms with E-state index in [1.165, 1.54) is 0 Å². The smallest absolute Gasteiger partial charge is 0.326 e. The number of carboxylic acids is 1. The molecule has 27 heavy (non-hydrogen) atoms. The normalized spacial score (nSPS) is 14.1. The van der Waals surface area contributed by atoms with E-state index < -0.39 is 47.7 Å². The van der Waals surface area contributed by atoms with E-state index in [0.29, 0.717) is 0 Å². The molecule has 0 aromatic heterocycles. The number of nitrogens with two attached hydrogens (primary N) is 3. The average Bonchev–Trinajstić information content (AvgIpc) is 2.54. The highest BCUT2D eigenvalue weighted by molar-refractivity contribution is 5.92. The van der Waals surface area contributed by atoms with Crippen molar-refractivity contribution in [3.05, 3.63) is 0 Å². The molecule has 154 valence electrons. The first-order valence-electron chi connectivity index (χ1n) is 8.59. The van der Waals surface area contributed by atoms with Gasteiger partial charge in [0.25, 0.3) is 0 Å². The zero-order valence-electron chi connectivity index (χ0n) is 15.6. The first kappa shape index (κ1) is 24.3. The van der Waals surface area contributed by atoms with Crippen LogP contribution >= 0.6 is 0 Å². The molecule has 11 nitrogen and oxygen atoms in total. The fraction of sp³-hybridized carbons (Fsp3) is 0.688. The van der Waals surface area contributed by atoms with Crippen molar-refractivity contribution in [1.29, 1.82) is 0 Å². The molecule has 11 heteroatoms. The third kappa shape index (κ3) is 10.8. The van der Waals surface area contributed by atoms with Gasteiger partial charge in [-0.1, -0.05) is 13.8 Å². The Morgan fingerprint density at radius 2 is 1.33 bits per heavy atom. The molecule has 0 aliphatic rings. The molecule has 3 unspecified atom stereocenters. The van der Waals surface area contributed by atoms with E-state index in [9.17, 15) is 29.1 Å². The van der Waals surface area contributed by atoms with Gasteiger partial charge in [0.15, 0.2) is 0 Å². The molecule has 0 heterocycles. The quantitative estimate of drug-likeness (QED) is 0.208. The lowest BCUT2D eigenvalue weighted by atomic mass is 10.0. The predicted octanol–water partition coefficient (Wildman–Crippen LogP) is -2.05. The second kappa shape index (κ2) is 11.8. The molecule has 0 spiro atoms. The molecule has 0 radical (unpaired) electrons. The van der Waals surface area contributed by atoms with Gasteiger partial charge in [-0.3, -0.25) is 19.2 Å². The van der Waals surface area contributed by atoms with Gasteiger partial charge in [-0.2, -0.15) is 0 Å². The van der Waals surface area contributed by atoms with Crippen molar-refractivity contribution in [3.8, 4) is 0 Å². The van der Waals surface area contributed by atoms with Gasteiger partial charge < -0.3 is 32.9 Å². The molecule has 0 aliphatic heterocycles. The maximum Gasteiger partial charge on any atom is 0.326 e. The molecule has 0 bridgehead atoms. The van der Waals surface area contributed by atoms with Gasteiger partial charge in [-0.25, -0.2) is 4.79 Å². The number of hydrogen-bond acceptors (Lipinski definition) is 6. The zero-order valence-corrected chi connectivity index (χ0v) is 15.6. The summed E-state index contributed by atoms with van der Waals surface area (Å²) in [6.45, 7) is 3.60. The molecule has 0 saturated carbocycles. The summed E-state index contributed by atoms with van der Waals surface area (Å²) in [4.78, 5) is 57.6. The van der Waals surface area contributed by atoms with Crippen molar-refractivity contribution in [2.24, 2.45) is 23.1 Å². The maximum atomic E-state index is 12.4. The molecular weight excluding hydrogens is 358 g/mol. The molecule has 0 fully saturated rings. The van der Waals surface area contributed by atoms with Gasteiger partial charge >= 0.3 is 5.97 Å². The van der Waals surface area contributed by atoms with Crippen molar-refractivity contribution >= 4 is 29.6 Å². The monoisotopic (exact) mass is 387 g/mol. The van der Waals surface area contributed by atoms with Gasteiger partial charge in [-0.15, -0.1) is 0 Å². The number of rotatable bonds is 13. The molecule has 4 amide bonds. The Morgan fingerprint density at radius 3 is 1.78 bits per heavy atom. The SMILES string of the molecule is CC(C)CC(NC(=O)C(CCC(N)=O)NC(=O)C(N)CCC(N)=O)C(=O)O. The van der Waals surface area contributed by atoms with Gasteiger partial charge in [-0.05, 0) is 25.2 Å². The van der Waals surface area contributed by atoms with Crippen molar-refractivity contribution in [2.75, 3.05) is 0 Å². The Labute approximate surface area is 157 Å². The van der Waals surface area contributed by atoms with Crippen LogP contribution in [0.2, 0.25) is 0 Å². The number of nitrogens with one attached hydrogen (secondary N) is 2. The van der Waals surface area contributed by atoms with E-state index in [-0.39, 0.29) is 38.0 Å². The predicted molar refractivity (Wildman–Crippen MR) is 95.8 cm³/mol. The van der Waals surface area contributed by atoms with E-state index in [0.717, 1.165) is 0 Å². The number of carbonyl (C=O) groups is 5. The van der Waals surface area contributed by atoms with E-state index in [2.05, 4.69) is 10.6 Å². The van der Waals surface area contributed by atoms with Crippen LogP contribution in [0.15, 0.2) is 0 Å².